The molecule has 0 atom stereocenters. The first kappa shape index (κ1) is 48.8. The Bertz CT molecular complexity index is 5060. The van der Waals surface area contributed by atoms with E-state index < -0.39 is 0 Å². The summed E-state index contributed by atoms with van der Waals surface area (Å²) in [6.07, 6.45) is 0. The predicted molar refractivity (Wildman–Crippen MR) is 333 cm³/mol. The SMILES string of the molecule is COc1ccc(Cl)c2c1c1cc(C(C)(C)C)ccc1n2-c1ccc2cc3oc4cc(C)ccc4c3cc2c1.COc1ccc2c3cc4cc5oc6cc(C)ccc6c5cc4cc3n3c4ccc(C(C)(C)C)cc4c1c23.[2H]CC(C)=O. The van der Waals surface area contributed by atoms with E-state index in [1.165, 1.54) is 83.4 Å². The number of aryl methyl sites for hydroxylation is 2. The van der Waals surface area contributed by atoms with Crippen molar-refractivity contribution in [3.63, 3.8) is 0 Å². The molecule has 392 valence electrons. The van der Waals surface area contributed by atoms with Crippen molar-refractivity contribution in [2.45, 2.75) is 80.0 Å². The number of hydrogen-bond donors (Lipinski definition) is 0. The summed E-state index contributed by atoms with van der Waals surface area (Å²) in [5.74, 6) is 1.66. The van der Waals surface area contributed by atoms with Crippen molar-refractivity contribution in [3.05, 3.63) is 179 Å². The summed E-state index contributed by atoms with van der Waals surface area (Å²) in [5.41, 5.74) is 15.6. The van der Waals surface area contributed by atoms with Crippen molar-refractivity contribution >= 4 is 143 Å². The van der Waals surface area contributed by atoms with Crippen LogP contribution in [0.5, 0.6) is 11.5 Å². The molecular formula is C71H61ClN2O5. The van der Waals surface area contributed by atoms with Gasteiger partial charge in [-0.2, -0.15) is 0 Å². The van der Waals surface area contributed by atoms with Crippen molar-refractivity contribution in [1.29, 1.82) is 0 Å². The van der Waals surface area contributed by atoms with Crippen LogP contribution in [0.3, 0.4) is 0 Å². The summed E-state index contributed by atoms with van der Waals surface area (Å²) in [4.78, 5) is 9.62. The molecule has 0 N–H and O–H groups in total. The fourth-order valence-electron chi connectivity index (χ4n) is 12.0. The number of ketones is 1. The van der Waals surface area contributed by atoms with Gasteiger partial charge in [0.1, 0.15) is 39.6 Å². The quantitative estimate of drug-likeness (QED) is 0.176. The minimum absolute atomic E-state index is 0.0225. The maximum absolute atomic E-state index is 9.62. The highest BCUT2D eigenvalue weighted by molar-refractivity contribution is 6.37. The number of rotatable bonds is 3. The van der Waals surface area contributed by atoms with Crippen LogP contribution in [0, 0.1) is 13.8 Å². The number of ether oxygens (including phenoxy) is 2. The molecule has 0 saturated carbocycles. The van der Waals surface area contributed by atoms with Gasteiger partial charge in [0.25, 0.3) is 0 Å². The van der Waals surface area contributed by atoms with E-state index >= 15 is 0 Å². The van der Waals surface area contributed by atoms with Crippen LogP contribution in [0.15, 0.2) is 160 Å². The van der Waals surface area contributed by atoms with Gasteiger partial charge < -0.3 is 32.1 Å². The number of benzene rings is 10. The Kier molecular flexibility index (Phi) is 11.1. The first-order chi connectivity index (χ1) is 38.3. The van der Waals surface area contributed by atoms with Crippen molar-refractivity contribution in [3.8, 4) is 17.2 Å². The average molecular weight is 1060 g/mol. The van der Waals surface area contributed by atoms with Gasteiger partial charge >= 0.3 is 0 Å². The number of Topliss-reactive ketones (excluding diaryl/α,β-unsaturated/α-hetero) is 1. The fourth-order valence-corrected chi connectivity index (χ4v) is 12.3. The molecule has 7 nitrogen and oxygen atoms in total. The molecule has 0 bridgehead atoms. The van der Waals surface area contributed by atoms with Gasteiger partial charge in [0.2, 0.25) is 0 Å². The highest BCUT2D eigenvalue weighted by Gasteiger charge is 2.25. The van der Waals surface area contributed by atoms with Gasteiger partial charge in [-0.1, -0.05) is 95.6 Å². The molecule has 0 saturated heterocycles. The number of fused-ring (bicyclic) bond motifs is 17. The van der Waals surface area contributed by atoms with Crippen molar-refractivity contribution in [2.24, 2.45) is 0 Å². The van der Waals surface area contributed by atoms with Crippen molar-refractivity contribution in [1.82, 2.24) is 8.97 Å². The van der Waals surface area contributed by atoms with Crippen LogP contribution in [-0.2, 0) is 15.6 Å². The number of halogens is 1. The molecule has 0 radical (unpaired) electrons. The zero-order valence-electron chi connectivity index (χ0n) is 47.5. The Balaban J connectivity index is 0.000000140. The number of carbonyl (C=O) groups excluding carboxylic acids is 1. The molecule has 0 unspecified atom stereocenters. The van der Waals surface area contributed by atoms with Crippen LogP contribution >= 0.6 is 11.6 Å². The molecule has 0 spiro atoms. The molecule has 0 aliphatic heterocycles. The molecule has 15 aromatic rings. The lowest BCUT2D eigenvalue weighted by atomic mass is 9.86. The van der Waals surface area contributed by atoms with Gasteiger partial charge in [-0.05, 0) is 191 Å². The Morgan fingerprint density at radius 3 is 1.56 bits per heavy atom. The summed E-state index contributed by atoms with van der Waals surface area (Å²) in [6.45, 7) is 19.0. The first-order valence-corrected chi connectivity index (χ1v) is 27.2. The Morgan fingerprint density at radius 2 is 0.975 bits per heavy atom. The molecule has 0 fully saturated rings. The number of aromatic nitrogens is 2. The first-order valence-electron chi connectivity index (χ1n) is 27.6. The summed E-state index contributed by atoms with van der Waals surface area (Å²) >= 11 is 6.91. The van der Waals surface area contributed by atoms with E-state index in [2.05, 4.69) is 204 Å². The van der Waals surface area contributed by atoms with Crippen LogP contribution in [0.4, 0.5) is 0 Å². The normalized spacial score (nSPS) is 12.6. The zero-order chi connectivity index (χ0) is 55.8. The van der Waals surface area contributed by atoms with Crippen molar-refractivity contribution < 1.29 is 24.5 Å². The lowest BCUT2D eigenvalue weighted by Crippen LogP contribution is -2.10. The van der Waals surface area contributed by atoms with Gasteiger partial charge in [-0.15, -0.1) is 0 Å². The third-order valence-electron chi connectivity index (χ3n) is 15.9. The third-order valence-corrected chi connectivity index (χ3v) is 16.2. The maximum Gasteiger partial charge on any atom is 0.136 e. The second-order valence-electron chi connectivity index (χ2n) is 23.5. The summed E-state index contributed by atoms with van der Waals surface area (Å²) in [5, 5.41) is 17.1. The standard InChI is InChI=1S/C34H28ClNO2.C34H27NO2.C3H6O/c1-19-6-10-24-25-16-21-15-23(9-7-20(21)17-31(25)38-30(24)14-19)36-28-12-8-22(34(2,3)4)18-26(28)32-29(37-5)13-11-27(35)33(32)36;1-18-6-8-22-25-14-19-15-28-24(13-20(19)16-31(25)37-30(22)12-18)23-9-11-29(36-5)32-26-17-21(34(2,3)4)7-10-27(26)35(28)33(23)32;1-3(2)4/h6-18H,1-5H3;6-17H,1-5H3;1-2H3/i;;1D. The smallest absolute Gasteiger partial charge is 0.136 e. The van der Waals surface area contributed by atoms with Gasteiger partial charge in [0.05, 0.1) is 57.6 Å². The Morgan fingerprint density at radius 1 is 0.481 bits per heavy atom. The highest BCUT2D eigenvalue weighted by atomic mass is 35.5. The topological polar surface area (TPSA) is 71.2 Å². The van der Waals surface area contributed by atoms with E-state index in [4.69, 9.17) is 31.3 Å². The largest absolute Gasteiger partial charge is 0.496 e. The van der Waals surface area contributed by atoms with Gasteiger partial charge in [-0.25, -0.2) is 0 Å². The molecule has 0 aliphatic rings. The highest BCUT2D eigenvalue weighted by Crippen LogP contribution is 2.47. The molecule has 0 amide bonds. The Hall–Kier alpha value is -8.52. The van der Waals surface area contributed by atoms with Gasteiger partial charge in [0.15, 0.2) is 0 Å². The second-order valence-corrected chi connectivity index (χ2v) is 23.9. The molecular weight excluding hydrogens is 996 g/mol. The summed E-state index contributed by atoms with van der Waals surface area (Å²) in [6, 6.07) is 54.8. The Labute approximate surface area is 464 Å². The van der Waals surface area contributed by atoms with Crippen LogP contribution < -0.4 is 9.47 Å². The van der Waals surface area contributed by atoms with Crippen LogP contribution in [0.25, 0.3) is 131 Å². The fraction of sp³-hybridized carbons (Fsp3) is 0.197. The predicted octanol–water partition coefficient (Wildman–Crippen LogP) is 20.2. The molecule has 15 rings (SSSR count). The van der Waals surface area contributed by atoms with Gasteiger partial charge in [-0.3, -0.25) is 0 Å². The number of methoxy groups -OCH3 is 2. The minimum Gasteiger partial charge on any atom is -0.496 e. The molecule has 0 aliphatic carbocycles. The number of carbonyl (C=O) groups is 1. The summed E-state index contributed by atoms with van der Waals surface area (Å²) < 4.78 is 35.2. The van der Waals surface area contributed by atoms with Gasteiger partial charge in [0, 0.05) is 50.1 Å². The van der Waals surface area contributed by atoms with E-state index in [0.29, 0.717) is 5.02 Å². The van der Waals surface area contributed by atoms with E-state index in [0.717, 1.165) is 88.3 Å². The maximum atomic E-state index is 9.62. The number of furan rings is 2. The molecule has 5 aromatic heterocycles. The van der Waals surface area contributed by atoms with E-state index in [9.17, 15) is 4.79 Å². The lowest BCUT2D eigenvalue weighted by molar-refractivity contribution is -0.115. The van der Waals surface area contributed by atoms with E-state index in [-0.39, 0.29) is 23.5 Å². The van der Waals surface area contributed by atoms with E-state index in [1.54, 1.807) is 14.2 Å². The molecule has 10 aromatic carbocycles. The second kappa shape index (κ2) is 18.0. The number of hydrogen-bond acceptors (Lipinski definition) is 5. The monoisotopic (exact) mass is 1060 g/mol. The third kappa shape index (κ3) is 8.03. The van der Waals surface area contributed by atoms with E-state index in [1.807, 2.05) is 12.1 Å². The average Bonchev–Trinajstić information content (AvgIpc) is 4.24. The van der Waals surface area contributed by atoms with Crippen molar-refractivity contribution in [2.75, 3.05) is 14.2 Å². The number of nitrogens with zero attached hydrogens (tertiary/aromatic N) is 2. The lowest BCUT2D eigenvalue weighted by Gasteiger charge is -2.19. The summed E-state index contributed by atoms with van der Waals surface area (Å²) in [7, 11) is 3.49. The molecule has 8 heteroatoms. The minimum atomic E-state index is -0.0833. The molecule has 5 heterocycles. The van der Waals surface area contributed by atoms with Crippen LogP contribution in [0.2, 0.25) is 5.02 Å². The molecule has 79 heavy (non-hydrogen) atoms. The van der Waals surface area contributed by atoms with Crippen LogP contribution in [-0.4, -0.2) is 29.0 Å². The van der Waals surface area contributed by atoms with Crippen LogP contribution in [0.1, 0.15) is 79.0 Å². The zero-order valence-corrected chi connectivity index (χ0v) is 47.2.